The second-order valence-electron chi connectivity index (χ2n) is 4.17. The van der Waals surface area contributed by atoms with Crippen LogP contribution in [0, 0.1) is 18.6 Å². The van der Waals surface area contributed by atoms with Crippen LogP contribution in [-0.2, 0) is 9.59 Å². The van der Waals surface area contributed by atoms with Crippen molar-refractivity contribution >= 4 is 23.7 Å². The van der Waals surface area contributed by atoms with E-state index in [-0.39, 0.29) is 5.56 Å². The fraction of sp³-hybridized carbons (Fsp3) is 0.250. The number of rotatable bonds is 5. The number of halogens is 2. The number of benzene rings is 1. The van der Waals surface area contributed by atoms with Crippen LogP contribution < -0.4 is 10.6 Å². The summed E-state index contributed by atoms with van der Waals surface area (Å²) in [7, 11) is 0. The second kappa shape index (κ2) is 6.64. The van der Waals surface area contributed by atoms with Gasteiger partial charge in [-0.1, -0.05) is 0 Å². The first-order valence-electron chi connectivity index (χ1n) is 5.68. The number of carbonyl (C=O) groups excluding carboxylic acids is 1. The molecule has 0 fully saturated rings. The van der Waals surface area contributed by atoms with E-state index in [0.29, 0.717) is 0 Å². The van der Waals surface area contributed by atoms with Gasteiger partial charge in [0.25, 0.3) is 0 Å². The molecule has 1 aromatic rings. The predicted molar refractivity (Wildman–Crippen MR) is 66.9 cm³/mol. The van der Waals surface area contributed by atoms with Crippen molar-refractivity contribution in [2.75, 3.05) is 5.32 Å². The number of anilines is 1. The standard InChI is InChI=1S/C12H12F2N2O5/c1-5-2-7(14)8(3-6(5)13)15-12(21)16-9(11(19)20)4-10(17)18/h2-3,9H,4H2,1H3,(H,17,18)(H,19,20)(H2,15,16,21)/t9-/m0/s1. The summed E-state index contributed by atoms with van der Waals surface area (Å²) >= 11 is 0. The zero-order valence-electron chi connectivity index (χ0n) is 10.8. The molecule has 1 rings (SSSR count). The molecule has 0 aromatic heterocycles. The maximum atomic E-state index is 13.5. The van der Waals surface area contributed by atoms with E-state index in [1.165, 1.54) is 6.92 Å². The fourth-order valence-corrected chi connectivity index (χ4v) is 1.43. The Morgan fingerprint density at radius 3 is 2.33 bits per heavy atom. The van der Waals surface area contributed by atoms with Gasteiger partial charge in [0.05, 0.1) is 12.1 Å². The molecule has 1 atom stereocenters. The average Bonchev–Trinajstić information content (AvgIpc) is 2.34. The van der Waals surface area contributed by atoms with Crippen molar-refractivity contribution in [2.45, 2.75) is 19.4 Å². The predicted octanol–water partition coefficient (Wildman–Crippen LogP) is 1.32. The van der Waals surface area contributed by atoms with E-state index >= 15 is 0 Å². The molecule has 0 aliphatic rings. The molecule has 9 heteroatoms. The molecule has 0 aliphatic carbocycles. The third-order valence-corrected chi connectivity index (χ3v) is 2.48. The molecule has 0 saturated heterocycles. The first-order valence-corrected chi connectivity index (χ1v) is 5.68. The summed E-state index contributed by atoms with van der Waals surface area (Å²) < 4.78 is 26.7. The van der Waals surface area contributed by atoms with E-state index in [2.05, 4.69) is 0 Å². The van der Waals surface area contributed by atoms with E-state index in [1.54, 1.807) is 0 Å². The number of urea groups is 1. The number of carbonyl (C=O) groups is 3. The van der Waals surface area contributed by atoms with Gasteiger partial charge in [0.1, 0.15) is 17.7 Å². The van der Waals surface area contributed by atoms with E-state index in [4.69, 9.17) is 10.2 Å². The van der Waals surface area contributed by atoms with Crippen LogP contribution in [-0.4, -0.2) is 34.2 Å². The molecule has 2 amide bonds. The van der Waals surface area contributed by atoms with Gasteiger partial charge in [0, 0.05) is 6.07 Å². The average molecular weight is 302 g/mol. The summed E-state index contributed by atoms with van der Waals surface area (Å²) in [5.41, 5.74) is -0.456. The van der Waals surface area contributed by atoms with Gasteiger partial charge in [-0.25, -0.2) is 18.4 Å². The molecule has 0 saturated carbocycles. The Bertz CT molecular complexity index is 591. The monoisotopic (exact) mass is 302 g/mol. The van der Waals surface area contributed by atoms with Crippen molar-refractivity contribution in [3.8, 4) is 0 Å². The van der Waals surface area contributed by atoms with E-state index < -0.39 is 47.8 Å². The molecule has 0 aliphatic heterocycles. The fourth-order valence-electron chi connectivity index (χ4n) is 1.43. The molecule has 0 spiro atoms. The van der Waals surface area contributed by atoms with Gasteiger partial charge in [-0.3, -0.25) is 4.79 Å². The Morgan fingerprint density at radius 2 is 1.81 bits per heavy atom. The highest BCUT2D eigenvalue weighted by atomic mass is 19.1. The third-order valence-electron chi connectivity index (χ3n) is 2.48. The first kappa shape index (κ1) is 16.3. The highest BCUT2D eigenvalue weighted by Gasteiger charge is 2.23. The molecule has 114 valence electrons. The smallest absolute Gasteiger partial charge is 0.326 e. The topological polar surface area (TPSA) is 116 Å². The van der Waals surface area contributed by atoms with Crippen LogP contribution in [0.4, 0.5) is 19.3 Å². The molecule has 1 aromatic carbocycles. The van der Waals surface area contributed by atoms with Gasteiger partial charge in [-0.15, -0.1) is 0 Å². The van der Waals surface area contributed by atoms with Crippen LogP contribution in [0.3, 0.4) is 0 Å². The van der Waals surface area contributed by atoms with Crippen LogP contribution in [0.1, 0.15) is 12.0 Å². The van der Waals surface area contributed by atoms with Crippen molar-refractivity contribution in [1.29, 1.82) is 0 Å². The number of aliphatic carboxylic acids is 2. The van der Waals surface area contributed by atoms with Crippen LogP contribution in [0.15, 0.2) is 12.1 Å². The van der Waals surface area contributed by atoms with E-state index in [1.807, 2.05) is 10.6 Å². The Morgan fingerprint density at radius 1 is 1.19 bits per heavy atom. The van der Waals surface area contributed by atoms with Crippen LogP contribution in [0.2, 0.25) is 0 Å². The Labute approximate surface area is 117 Å². The summed E-state index contributed by atoms with van der Waals surface area (Å²) in [6.07, 6.45) is -0.854. The van der Waals surface area contributed by atoms with Gasteiger partial charge < -0.3 is 20.8 Å². The lowest BCUT2D eigenvalue weighted by Gasteiger charge is -2.14. The van der Waals surface area contributed by atoms with Crippen molar-refractivity contribution in [3.63, 3.8) is 0 Å². The molecule has 4 N–H and O–H groups in total. The molecule has 0 bridgehead atoms. The lowest BCUT2D eigenvalue weighted by atomic mass is 10.2. The van der Waals surface area contributed by atoms with Gasteiger partial charge >= 0.3 is 18.0 Å². The molecular weight excluding hydrogens is 290 g/mol. The maximum Gasteiger partial charge on any atom is 0.326 e. The number of nitrogens with one attached hydrogen (secondary N) is 2. The van der Waals surface area contributed by atoms with Crippen molar-refractivity contribution in [3.05, 3.63) is 29.3 Å². The van der Waals surface area contributed by atoms with Gasteiger partial charge in [0.15, 0.2) is 0 Å². The first-order chi connectivity index (χ1) is 9.70. The Hall–Kier alpha value is -2.71. The van der Waals surface area contributed by atoms with Gasteiger partial charge in [0.2, 0.25) is 0 Å². The maximum absolute atomic E-state index is 13.5. The molecule has 21 heavy (non-hydrogen) atoms. The zero-order chi connectivity index (χ0) is 16.2. The van der Waals surface area contributed by atoms with Crippen molar-refractivity contribution in [1.82, 2.24) is 5.32 Å². The largest absolute Gasteiger partial charge is 0.481 e. The molecular formula is C12H12F2N2O5. The summed E-state index contributed by atoms with van der Waals surface area (Å²) in [6, 6.07) is -1.26. The number of hydrogen-bond donors (Lipinski definition) is 4. The number of carboxylic acid groups (broad SMARTS) is 2. The molecule has 0 radical (unpaired) electrons. The minimum absolute atomic E-state index is 0.0350. The number of hydrogen-bond acceptors (Lipinski definition) is 3. The van der Waals surface area contributed by atoms with Crippen LogP contribution in [0.25, 0.3) is 0 Å². The van der Waals surface area contributed by atoms with Crippen molar-refractivity contribution in [2.24, 2.45) is 0 Å². The SMILES string of the molecule is Cc1cc(F)c(NC(=O)N[C@@H](CC(=O)O)C(=O)O)cc1F. The normalized spacial score (nSPS) is 11.6. The number of amides is 2. The van der Waals surface area contributed by atoms with Crippen LogP contribution in [0.5, 0.6) is 0 Å². The summed E-state index contributed by atoms with van der Waals surface area (Å²) in [5.74, 6) is -4.67. The summed E-state index contributed by atoms with van der Waals surface area (Å²) in [6.45, 7) is 1.33. The zero-order valence-corrected chi connectivity index (χ0v) is 10.8. The Kier molecular flexibility index (Phi) is 5.17. The van der Waals surface area contributed by atoms with E-state index in [9.17, 15) is 23.2 Å². The molecule has 7 nitrogen and oxygen atoms in total. The Balaban J connectivity index is 2.79. The molecule has 0 unspecified atom stereocenters. The second-order valence-corrected chi connectivity index (χ2v) is 4.17. The summed E-state index contributed by atoms with van der Waals surface area (Å²) in [5, 5.41) is 21.0. The highest BCUT2D eigenvalue weighted by Crippen LogP contribution is 2.18. The highest BCUT2D eigenvalue weighted by molar-refractivity contribution is 5.93. The minimum atomic E-state index is -1.69. The number of aryl methyl sites for hydroxylation is 1. The number of carboxylic acids is 2. The van der Waals surface area contributed by atoms with Gasteiger partial charge in [-0.2, -0.15) is 0 Å². The third kappa shape index (κ3) is 4.71. The lowest BCUT2D eigenvalue weighted by Crippen LogP contribution is -2.44. The quantitative estimate of drug-likeness (QED) is 0.654. The van der Waals surface area contributed by atoms with Crippen LogP contribution >= 0.6 is 0 Å². The lowest BCUT2D eigenvalue weighted by molar-refractivity contribution is -0.145. The van der Waals surface area contributed by atoms with Gasteiger partial charge in [-0.05, 0) is 18.6 Å². The van der Waals surface area contributed by atoms with E-state index in [0.717, 1.165) is 12.1 Å². The molecule has 0 heterocycles. The summed E-state index contributed by atoms with van der Waals surface area (Å²) in [4.78, 5) is 32.7. The van der Waals surface area contributed by atoms with Crippen molar-refractivity contribution < 1.29 is 33.4 Å². The minimum Gasteiger partial charge on any atom is -0.481 e.